The van der Waals surface area contributed by atoms with Gasteiger partial charge in [-0.1, -0.05) is 0 Å². The van der Waals surface area contributed by atoms with E-state index in [1.807, 2.05) is 0 Å². The maximum atomic E-state index is 12.9. The summed E-state index contributed by atoms with van der Waals surface area (Å²) in [6.45, 7) is 8.15. The van der Waals surface area contributed by atoms with Crippen LogP contribution in [0, 0.1) is 0 Å². The van der Waals surface area contributed by atoms with Gasteiger partial charge in [-0.25, -0.2) is 4.39 Å². The van der Waals surface area contributed by atoms with Crippen molar-refractivity contribution in [2.24, 2.45) is 0 Å². The van der Waals surface area contributed by atoms with Crippen LogP contribution in [0.3, 0.4) is 0 Å². The third-order valence-electron chi connectivity index (χ3n) is 2.37. The van der Waals surface area contributed by atoms with E-state index in [1.54, 1.807) is 6.92 Å². The predicted molar refractivity (Wildman–Crippen MR) is 47.0 cm³/mol. The lowest BCUT2D eigenvalue weighted by molar-refractivity contribution is -0.0690. The number of hydrogen-bond donors (Lipinski definition) is 0. The molecule has 1 rings (SSSR count). The number of ether oxygens (including phenoxy) is 1. The van der Waals surface area contributed by atoms with E-state index >= 15 is 0 Å². The van der Waals surface area contributed by atoms with E-state index in [0.717, 1.165) is 13.1 Å². The zero-order chi connectivity index (χ0) is 9.14. The Labute approximate surface area is 73.7 Å². The van der Waals surface area contributed by atoms with Gasteiger partial charge >= 0.3 is 0 Å². The molecular formula is C9H18FNO. The highest BCUT2D eigenvalue weighted by molar-refractivity contribution is 4.77. The molecule has 0 aromatic rings. The molecule has 2 atom stereocenters. The summed E-state index contributed by atoms with van der Waals surface area (Å²) in [4.78, 5) is 2.25. The lowest BCUT2D eigenvalue weighted by Crippen LogP contribution is -2.48. The molecule has 0 aromatic carbocycles. The molecule has 0 N–H and O–H groups in total. The first-order chi connectivity index (χ1) is 5.61. The second kappa shape index (κ2) is 4.19. The zero-order valence-electron chi connectivity index (χ0n) is 8.09. The minimum Gasteiger partial charge on any atom is -0.373 e. The summed E-state index contributed by atoms with van der Waals surface area (Å²) in [6, 6.07) is 0.496. The molecule has 0 aliphatic carbocycles. The Morgan fingerprint density at radius 2 is 2.08 bits per heavy atom. The summed E-state index contributed by atoms with van der Waals surface area (Å²) in [5.41, 5.74) is 0. The van der Waals surface area contributed by atoms with E-state index in [2.05, 4.69) is 18.7 Å². The van der Waals surface area contributed by atoms with E-state index in [-0.39, 0.29) is 6.10 Å². The Morgan fingerprint density at radius 1 is 1.42 bits per heavy atom. The van der Waals surface area contributed by atoms with E-state index in [1.165, 1.54) is 0 Å². The van der Waals surface area contributed by atoms with Crippen molar-refractivity contribution in [1.82, 2.24) is 4.90 Å². The smallest absolute Gasteiger partial charge is 0.125 e. The minimum atomic E-state index is -0.855. The fourth-order valence-electron chi connectivity index (χ4n) is 1.44. The number of rotatable bonds is 2. The molecule has 12 heavy (non-hydrogen) atoms. The molecule has 72 valence electrons. The molecule has 1 saturated heterocycles. The van der Waals surface area contributed by atoms with E-state index in [4.69, 9.17) is 4.74 Å². The van der Waals surface area contributed by atoms with Gasteiger partial charge in [-0.15, -0.1) is 0 Å². The van der Waals surface area contributed by atoms with Gasteiger partial charge in [0.05, 0.1) is 6.61 Å². The third-order valence-corrected chi connectivity index (χ3v) is 2.37. The normalized spacial score (nSPS) is 29.2. The summed E-state index contributed by atoms with van der Waals surface area (Å²) in [6.07, 6.45) is -1.08. The first-order valence-corrected chi connectivity index (χ1v) is 4.61. The molecular weight excluding hydrogens is 157 g/mol. The van der Waals surface area contributed by atoms with E-state index in [9.17, 15) is 4.39 Å². The third kappa shape index (κ3) is 2.42. The van der Waals surface area contributed by atoms with Crippen LogP contribution >= 0.6 is 0 Å². The highest BCUT2D eigenvalue weighted by Gasteiger charge is 2.26. The first kappa shape index (κ1) is 9.93. The summed E-state index contributed by atoms with van der Waals surface area (Å²) in [7, 11) is 0. The fourth-order valence-corrected chi connectivity index (χ4v) is 1.44. The van der Waals surface area contributed by atoms with Crippen LogP contribution in [0.1, 0.15) is 20.8 Å². The number of hydrogen-bond acceptors (Lipinski definition) is 2. The number of alkyl halides is 1. The molecule has 0 amide bonds. The van der Waals surface area contributed by atoms with Crippen LogP contribution in [0.15, 0.2) is 0 Å². The molecule has 1 unspecified atom stereocenters. The lowest BCUT2D eigenvalue weighted by atomic mass is 10.2. The van der Waals surface area contributed by atoms with Crippen LogP contribution in [-0.4, -0.2) is 42.9 Å². The Balaban J connectivity index is 2.40. The average Bonchev–Trinajstić information content (AvgIpc) is 2.04. The maximum absolute atomic E-state index is 12.9. The zero-order valence-corrected chi connectivity index (χ0v) is 8.09. The molecule has 1 fully saturated rings. The standard InChI is InChI=1S/C9H18FNO/c1-7(2)11-4-5-12-9(6-11)8(3)10/h7-9H,4-6H2,1-3H3/t8?,9-/m1/s1. The van der Waals surface area contributed by atoms with Gasteiger partial charge in [0.2, 0.25) is 0 Å². The SMILES string of the molecule is CC(F)[C@H]1CN(C(C)C)CCO1. The molecule has 0 radical (unpaired) electrons. The second-order valence-electron chi connectivity index (χ2n) is 3.68. The molecule has 1 aliphatic heterocycles. The van der Waals surface area contributed by atoms with Gasteiger partial charge in [0.15, 0.2) is 0 Å². The van der Waals surface area contributed by atoms with E-state index < -0.39 is 6.17 Å². The molecule has 3 heteroatoms. The number of halogens is 1. The van der Waals surface area contributed by atoms with Crippen molar-refractivity contribution in [2.45, 2.75) is 39.1 Å². The van der Waals surface area contributed by atoms with Crippen molar-refractivity contribution < 1.29 is 9.13 Å². The Kier molecular flexibility index (Phi) is 3.47. The summed E-state index contributed by atoms with van der Waals surface area (Å²) >= 11 is 0. The highest BCUT2D eigenvalue weighted by Crippen LogP contribution is 2.13. The summed E-state index contributed by atoms with van der Waals surface area (Å²) in [5.74, 6) is 0. The monoisotopic (exact) mass is 175 g/mol. The van der Waals surface area contributed by atoms with Crippen LogP contribution in [0.25, 0.3) is 0 Å². The van der Waals surface area contributed by atoms with Gasteiger partial charge in [-0.2, -0.15) is 0 Å². The fraction of sp³-hybridized carbons (Fsp3) is 1.00. The van der Waals surface area contributed by atoms with Crippen molar-refractivity contribution in [3.8, 4) is 0 Å². The summed E-state index contributed by atoms with van der Waals surface area (Å²) in [5, 5.41) is 0. The van der Waals surface area contributed by atoms with Gasteiger partial charge in [-0.3, -0.25) is 4.90 Å². The van der Waals surface area contributed by atoms with Crippen molar-refractivity contribution in [2.75, 3.05) is 19.7 Å². The van der Waals surface area contributed by atoms with Gasteiger partial charge in [0.1, 0.15) is 12.3 Å². The van der Waals surface area contributed by atoms with Crippen LogP contribution < -0.4 is 0 Å². The molecule has 0 aromatic heterocycles. The highest BCUT2D eigenvalue weighted by atomic mass is 19.1. The molecule has 0 bridgehead atoms. The van der Waals surface area contributed by atoms with Gasteiger partial charge < -0.3 is 4.74 Å². The molecule has 1 heterocycles. The summed E-state index contributed by atoms with van der Waals surface area (Å²) < 4.78 is 18.2. The van der Waals surface area contributed by atoms with Gasteiger partial charge in [0.25, 0.3) is 0 Å². The van der Waals surface area contributed by atoms with Crippen molar-refractivity contribution in [3.05, 3.63) is 0 Å². The second-order valence-corrected chi connectivity index (χ2v) is 3.68. The molecule has 1 aliphatic rings. The quantitative estimate of drug-likeness (QED) is 0.630. The molecule has 0 saturated carbocycles. The van der Waals surface area contributed by atoms with E-state index in [0.29, 0.717) is 12.6 Å². The molecule has 2 nitrogen and oxygen atoms in total. The van der Waals surface area contributed by atoms with Crippen LogP contribution in [-0.2, 0) is 4.74 Å². The van der Waals surface area contributed by atoms with Crippen molar-refractivity contribution in [1.29, 1.82) is 0 Å². The van der Waals surface area contributed by atoms with Crippen molar-refractivity contribution >= 4 is 0 Å². The lowest BCUT2D eigenvalue weighted by Gasteiger charge is -2.36. The predicted octanol–water partition coefficient (Wildman–Crippen LogP) is 1.45. The Hall–Kier alpha value is -0.150. The topological polar surface area (TPSA) is 12.5 Å². The van der Waals surface area contributed by atoms with Crippen LogP contribution in [0.5, 0.6) is 0 Å². The largest absolute Gasteiger partial charge is 0.373 e. The number of nitrogens with zero attached hydrogens (tertiary/aromatic N) is 1. The van der Waals surface area contributed by atoms with Crippen LogP contribution in [0.4, 0.5) is 4.39 Å². The van der Waals surface area contributed by atoms with Gasteiger partial charge in [0, 0.05) is 19.1 Å². The van der Waals surface area contributed by atoms with Crippen LogP contribution in [0.2, 0.25) is 0 Å². The average molecular weight is 175 g/mol. The van der Waals surface area contributed by atoms with Crippen molar-refractivity contribution in [3.63, 3.8) is 0 Å². The molecule has 0 spiro atoms. The Morgan fingerprint density at radius 3 is 2.58 bits per heavy atom. The number of morpholine rings is 1. The van der Waals surface area contributed by atoms with Gasteiger partial charge in [-0.05, 0) is 20.8 Å². The minimum absolute atomic E-state index is 0.221. The first-order valence-electron chi connectivity index (χ1n) is 4.61. The maximum Gasteiger partial charge on any atom is 0.125 e. The Bertz CT molecular complexity index is 124.